The number of aliphatic hydroxyl groups is 1. The third kappa shape index (κ3) is 0.810. The van der Waals surface area contributed by atoms with Crippen molar-refractivity contribution < 1.29 is 16.4 Å². The van der Waals surface area contributed by atoms with Crippen molar-refractivity contribution in [2.24, 2.45) is 0 Å². The van der Waals surface area contributed by atoms with E-state index in [2.05, 4.69) is 4.42 Å². The highest BCUT2D eigenvalue weighted by Gasteiger charge is 1.85. The van der Waals surface area contributed by atoms with Gasteiger partial charge in [-0.1, -0.05) is 0 Å². The lowest BCUT2D eigenvalue weighted by Gasteiger charge is -1.79. The van der Waals surface area contributed by atoms with Crippen molar-refractivity contribution in [2.45, 2.75) is 6.56 Å². The second kappa shape index (κ2) is 1.80. The molecule has 0 amide bonds. The zero-order valence-electron chi connectivity index (χ0n) is 8.36. The predicted molar refractivity (Wildman–Crippen MR) is 24.6 cm³/mol. The molecule has 0 saturated heterocycles. The summed E-state index contributed by atoms with van der Waals surface area (Å²) >= 11 is 0. The van der Waals surface area contributed by atoms with Gasteiger partial charge in [0.05, 0.1) is 11.7 Å². The third-order valence-electron chi connectivity index (χ3n) is 0.482. The topological polar surface area (TPSA) is 33.4 Å². The van der Waals surface area contributed by atoms with Crippen LogP contribution in [0.3, 0.4) is 0 Å². The second-order valence-electron chi connectivity index (χ2n) is 0.895. The fourth-order valence-corrected chi connectivity index (χ4v) is 0.235. The quantitative estimate of drug-likeness (QED) is 0.569. The minimum absolute atomic E-state index is 0.525. The summed E-state index contributed by atoms with van der Waals surface area (Å²) < 4.78 is 38.9. The van der Waals surface area contributed by atoms with Crippen LogP contribution in [0.25, 0.3) is 0 Å². The van der Waals surface area contributed by atoms with Crippen molar-refractivity contribution in [1.82, 2.24) is 0 Å². The number of hydrogen-bond donors (Lipinski definition) is 1. The van der Waals surface area contributed by atoms with Crippen molar-refractivity contribution in [3.8, 4) is 0 Å². The molecule has 1 heterocycles. The number of hydrogen-bond acceptors (Lipinski definition) is 2. The molecule has 0 aliphatic carbocycles. The maximum atomic E-state index is 8.76. The molecule has 7 heavy (non-hydrogen) atoms. The Labute approximate surface area is 48.4 Å². The summed E-state index contributed by atoms with van der Waals surface area (Å²) in [6.45, 7) is -2.80. The van der Waals surface area contributed by atoms with E-state index < -0.39 is 30.6 Å². The van der Waals surface area contributed by atoms with E-state index in [1.807, 2.05) is 0 Å². The molecule has 1 rings (SSSR count). The smallest absolute Gasteiger partial charge is 0.129 e. The Balaban J connectivity index is 3.28. The lowest BCUT2D eigenvalue weighted by atomic mass is 10.5. The van der Waals surface area contributed by atoms with Gasteiger partial charge < -0.3 is 9.52 Å². The van der Waals surface area contributed by atoms with Gasteiger partial charge in [-0.3, -0.25) is 0 Å². The van der Waals surface area contributed by atoms with E-state index >= 15 is 0 Å². The van der Waals surface area contributed by atoms with Gasteiger partial charge in [0.1, 0.15) is 13.7 Å². The van der Waals surface area contributed by atoms with E-state index in [1.165, 1.54) is 0 Å². The van der Waals surface area contributed by atoms with Gasteiger partial charge in [-0.15, -0.1) is 0 Å². The molecule has 0 bridgehead atoms. The van der Waals surface area contributed by atoms with E-state index in [9.17, 15) is 0 Å². The summed E-state index contributed by atoms with van der Waals surface area (Å²) in [5.41, 5.74) is 0. The summed E-state index contributed by atoms with van der Waals surface area (Å²) in [5, 5.41) is 8.76. The first-order valence-corrected chi connectivity index (χ1v) is 1.63. The van der Waals surface area contributed by atoms with Crippen LogP contribution in [-0.4, -0.2) is 5.11 Å². The van der Waals surface area contributed by atoms with Crippen molar-refractivity contribution in [2.75, 3.05) is 0 Å². The van der Waals surface area contributed by atoms with Gasteiger partial charge in [-0.05, 0) is 12.1 Å². The summed E-state index contributed by atoms with van der Waals surface area (Å²) in [6, 6.07) is -1.12. The Morgan fingerprint density at radius 2 is 3.00 bits per heavy atom. The van der Waals surface area contributed by atoms with Crippen LogP contribution in [0.15, 0.2) is 22.7 Å². The molecule has 0 aliphatic rings. The molecule has 1 N–H and O–H groups in total. The van der Waals surface area contributed by atoms with E-state index in [-0.39, 0.29) is 0 Å². The van der Waals surface area contributed by atoms with E-state index in [1.54, 1.807) is 0 Å². The van der Waals surface area contributed by atoms with Crippen LogP contribution >= 0.6 is 0 Å². The molecule has 0 aromatic carbocycles. The predicted octanol–water partition coefficient (Wildman–Crippen LogP) is 0.772. The minimum atomic E-state index is -2.80. The molecule has 0 fully saturated rings. The average Bonchev–Trinajstić information content (AvgIpc) is 2.15. The molecule has 0 atom stereocenters. The maximum absolute atomic E-state index is 8.76. The maximum Gasteiger partial charge on any atom is 0.129 e. The van der Waals surface area contributed by atoms with Gasteiger partial charge in [0.15, 0.2) is 0 Å². The molecule has 0 saturated carbocycles. The Morgan fingerprint density at radius 1 is 2.14 bits per heavy atom. The molecule has 1 aromatic heterocycles. The lowest BCUT2D eigenvalue weighted by Crippen LogP contribution is -1.72. The SMILES string of the molecule is [2H]c1oc(C([2H])([2H])O)c([2H])c1[2H]. The Bertz CT molecular complexity index is 300. The minimum Gasteiger partial charge on any atom is -0.467 e. The monoisotopic (exact) mass is 103 g/mol. The molecule has 38 valence electrons. The summed E-state index contributed by atoms with van der Waals surface area (Å²) in [7, 11) is 0. The normalized spacial score (nSPS) is 21.6. The van der Waals surface area contributed by atoms with Crippen LogP contribution in [0.4, 0.5) is 0 Å². The van der Waals surface area contributed by atoms with Crippen LogP contribution in [0.1, 0.15) is 12.6 Å². The van der Waals surface area contributed by atoms with Crippen LogP contribution in [0.2, 0.25) is 0 Å². The van der Waals surface area contributed by atoms with Crippen LogP contribution in [0, 0.1) is 0 Å². The molecule has 0 radical (unpaired) electrons. The van der Waals surface area contributed by atoms with Gasteiger partial charge in [0.25, 0.3) is 0 Å². The highest BCUT2D eigenvalue weighted by molar-refractivity contribution is 4.95. The fourth-order valence-electron chi connectivity index (χ4n) is 0.235. The Morgan fingerprint density at radius 3 is 3.29 bits per heavy atom. The Hall–Kier alpha value is -0.760. The van der Waals surface area contributed by atoms with Crippen molar-refractivity contribution >= 4 is 0 Å². The molecule has 0 unspecified atom stereocenters. The molecule has 1 aromatic rings. The number of rotatable bonds is 1. The van der Waals surface area contributed by atoms with E-state index in [0.717, 1.165) is 0 Å². The van der Waals surface area contributed by atoms with Crippen molar-refractivity contribution in [3.05, 3.63) is 24.1 Å². The van der Waals surface area contributed by atoms with Crippen molar-refractivity contribution in [3.63, 3.8) is 0 Å². The van der Waals surface area contributed by atoms with Gasteiger partial charge in [0.2, 0.25) is 0 Å². The molecule has 0 spiro atoms. The van der Waals surface area contributed by atoms with Crippen LogP contribution in [0.5, 0.6) is 0 Å². The lowest BCUT2D eigenvalue weighted by molar-refractivity contribution is 0.247. The average molecular weight is 103 g/mol. The highest BCUT2D eigenvalue weighted by atomic mass is 16.4. The van der Waals surface area contributed by atoms with Gasteiger partial charge in [-0.2, -0.15) is 0 Å². The fraction of sp³-hybridized carbons (Fsp3) is 0.200. The molecule has 2 heteroatoms. The molecular formula is C5H6O2. The third-order valence-corrected chi connectivity index (χ3v) is 0.482. The highest BCUT2D eigenvalue weighted by Crippen LogP contribution is 1.96. The second-order valence-corrected chi connectivity index (χ2v) is 0.895. The van der Waals surface area contributed by atoms with E-state index in [4.69, 9.17) is 12.0 Å². The Kier molecular flexibility index (Phi) is 0.348. The summed E-state index contributed by atoms with van der Waals surface area (Å²) in [6.07, 6.45) is -0.618. The van der Waals surface area contributed by atoms with Gasteiger partial charge >= 0.3 is 0 Å². The zero-order chi connectivity index (χ0) is 9.52. The number of furan rings is 1. The molecular weight excluding hydrogens is 92.1 g/mol. The van der Waals surface area contributed by atoms with E-state index in [0.29, 0.717) is 0 Å². The standard InChI is InChI=1S/C5H6O2/c6-4-5-2-1-3-7-5/h1-3,6H,4H2/i1D,2D,3D,4D2. The zero-order valence-corrected chi connectivity index (χ0v) is 3.36. The first-order chi connectivity index (χ1) is 5.34. The summed E-state index contributed by atoms with van der Waals surface area (Å²) in [5.74, 6) is -0.697. The van der Waals surface area contributed by atoms with Crippen LogP contribution < -0.4 is 0 Å². The largest absolute Gasteiger partial charge is 0.467 e. The molecule has 2 nitrogen and oxygen atoms in total. The first-order valence-electron chi connectivity index (χ1n) is 4.13. The van der Waals surface area contributed by atoms with Crippen molar-refractivity contribution in [1.29, 1.82) is 0 Å². The van der Waals surface area contributed by atoms with Gasteiger partial charge in [-0.25, -0.2) is 0 Å². The summed E-state index contributed by atoms with van der Waals surface area (Å²) in [4.78, 5) is 0. The first kappa shape index (κ1) is 1.36. The van der Waals surface area contributed by atoms with Gasteiger partial charge in [0, 0.05) is 0 Å². The molecule has 0 aliphatic heterocycles. The van der Waals surface area contributed by atoms with Crippen LogP contribution in [-0.2, 0) is 6.56 Å².